The van der Waals surface area contributed by atoms with Crippen LogP contribution in [0.3, 0.4) is 0 Å². The zero-order chi connectivity index (χ0) is 12.3. The molecule has 6 heteroatoms. The number of benzene rings is 1. The minimum Gasteiger partial charge on any atom is -0.143 e. The molecule has 1 aromatic heterocycles. The lowest BCUT2D eigenvalue weighted by Gasteiger charge is -1.98. The largest absolute Gasteiger partial charge is 0.147 e. The van der Waals surface area contributed by atoms with Gasteiger partial charge in [-0.05, 0) is 24.6 Å². The number of aryl methyl sites for hydroxylation is 1. The predicted molar refractivity (Wildman–Crippen MR) is 77.1 cm³/mol. The number of alkyl halides is 1. The molecule has 0 saturated heterocycles. The Hall–Kier alpha value is -0.160. The van der Waals surface area contributed by atoms with E-state index >= 15 is 0 Å². The summed E-state index contributed by atoms with van der Waals surface area (Å²) in [6.07, 6.45) is 1.80. The van der Waals surface area contributed by atoms with Gasteiger partial charge in [0, 0.05) is 27.4 Å². The number of halogens is 3. The molecule has 2 rings (SSSR count). The summed E-state index contributed by atoms with van der Waals surface area (Å²) in [5.41, 5.74) is 0.985. The van der Waals surface area contributed by atoms with Crippen molar-refractivity contribution in [2.75, 3.05) is 5.88 Å². The number of hydrogen-bond donors (Lipinski definition) is 0. The lowest BCUT2D eigenvalue weighted by molar-refractivity contribution is 0.884. The predicted octanol–water partition coefficient (Wildman–Crippen LogP) is 4.79. The van der Waals surface area contributed by atoms with Gasteiger partial charge in [0.15, 0.2) is 0 Å². The van der Waals surface area contributed by atoms with Gasteiger partial charge in [-0.2, -0.15) is 0 Å². The smallest absolute Gasteiger partial charge is 0.143 e. The van der Waals surface area contributed by atoms with E-state index in [-0.39, 0.29) is 0 Å². The van der Waals surface area contributed by atoms with Gasteiger partial charge in [0.25, 0.3) is 0 Å². The molecule has 0 unspecified atom stereocenters. The number of aromatic nitrogens is 2. The van der Waals surface area contributed by atoms with Crippen LogP contribution in [0.2, 0.25) is 5.02 Å². The van der Waals surface area contributed by atoms with E-state index in [4.69, 9.17) is 23.2 Å². The van der Waals surface area contributed by atoms with E-state index in [0.29, 0.717) is 10.9 Å². The summed E-state index contributed by atoms with van der Waals surface area (Å²) in [5, 5.41) is 10.9. The molecule has 0 aliphatic carbocycles. The standard InChI is InChI=1S/C11H9BrCl2N2S/c12-8-4-7(5-9(14)6-8)11-16-15-10(17-11)2-1-3-13/h4-6H,1-3H2. The first-order valence-electron chi connectivity index (χ1n) is 5.04. The maximum Gasteiger partial charge on any atom is 0.147 e. The highest BCUT2D eigenvalue weighted by molar-refractivity contribution is 9.10. The third-order valence-corrected chi connectivity index (χ3v) is 4.08. The molecule has 90 valence electrons. The van der Waals surface area contributed by atoms with E-state index in [0.717, 1.165) is 32.9 Å². The summed E-state index contributed by atoms with van der Waals surface area (Å²) >= 11 is 16.6. The number of nitrogens with zero attached hydrogens (tertiary/aromatic N) is 2. The van der Waals surface area contributed by atoms with Gasteiger partial charge in [-0.3, -0.25) is 0 Å². The second-order valence-corrected chi connectivity index (χ2v) is 6.24. The maximum absolute atomic E-state index is 6.00. The van der Waals surface area contributed by atoms with Crippen molar-refractivity contribution in [1.82, 2.24) is 10.2 Å². The van der Waals surface area contributed by atoms with Crippen LogP contribution in [-0.2, 0) is 6.42 Å². The molecule has 1 aromatic carbocycles. The second-order valence-electron chi connectivity index (χ2n) is 3.45. The van der Waals surface area contributed by atoms with E-state index in [2.05, 4.69) is 26.1 Å². The van der Waals surface area contributed by atoms with Gasteiger partial charge in [-0.25, -0.2) is 0 Å². The number of hydrogen-bond acceptors (Lipinski definition) is 3. The Kier molecular flexibility index (Phi) is 4.79. The maximum atomic E-state index is 6.00. The fraction of sp³-hybridized carbons (Fsp3) is 0.273. The Morgan fingerprint density at radius 2 is 2.06 bits per heavy atom. The third kappa shape index (κ3) is 3.65. The minimum atomic E-state index is 0.650. The van der Waals surface area contributed by atoms with Crippen LogP contribution in [0.5, 0.6) is 0 Å². The van der Waals surface area contributed by atoms with Crippen molar-refractivity contribution in [3.05, 3.63) is 32.7 Å². The molecule has 0 amide bonds. The molecule has 0 radical (unpaired) electrons. The summed E-state index contributed by atoms with van der Waals surface area (Å²) in [6, 6.07) is 5.72. The van der Waals surface area contributed by atoms with Gasteiger partial charge in [-0.15, -0.1) is 21.8 Å². The topological polar surface area (TPSA) is 25.8 Å². The quantitative estimate of drug-likeness (QED) is 0.740. The van der Waals surface area contributed by atoms with Crippen molar-refractivity contribution >= 4 is 50.5 Å². The Morgan fingerprint density at radius 1 is 1.24 bits per heavy atom. The molecule has 0 aliphatic heterocycles. The van der Waals surface area contributed by atoms with Crippen molar-refractivity contribution < 1.29 is 0 Å². The first-order chi connectivity index (χ1) is 8.19. The van der Waals surface area contributed by atoms with Crippen LogP contribution < -0.4 is 0 Å². The Labute approximate surface area is 122 Å². The average Bonchev–Trinajstić information content (AvgIpc) is 2.73. The molecular weight excluding hydrogens is 343 g/mol. The minimum absolute atomic E-state index is 0.650. The van der Waals surface area contributed by atoms with Gasteiger partial charge in [0.05, 0.1) is 0 Å². The van der Waals surface area contributed by atoms with Gasteiger partial charge in [-0.1, -0.05) is 38.9 Å². The summed E-state index contributed by atoms with van der Waals surface area (Å²) in [6.45, 7) is 0. The third-order valence-electron chi connectivity index (χ3n) is 2.10. The van der Waals surface area contributed by atoms with Crippen molar-refractivity contribution in [3.8, 4) is 10.6 Å². The first kappa shape index (κ1) is 13.3. The molecule has 0 atom stereocenters. The normalized spacial score (nSPS) is 10.8. The van der Waals surface area contributed by atoms with Crippen LogP contribution in [0.1, 0.15) is 11.4 Å². The molecule has 0 bridgehead atoms. The van der Waals surface area contributed by atoms with E-state index in [1.54, 1.807) is 11.3 Å². The molecule has 0 aliphatic rings. The summed E-state index contributed by atoms with van der Waals surface area (Å²) in [4.78, 5) is 0. The van der Waals surface area contributed by atoms with E-state index in [1.807, 2.05) is 18.2 Å². The van der Waals surface area contributed by atoms with Crippen molar-refractivity contribution in [2.24, 2.45) is 0 Å². The fourth-order valence-corrected chi connectivity index (χ4v) is 3.23. The Balaban J connectivity index is 2.24. The lowest BCUT2D eigenvalue weighted by atomic mass is 10.2. The van der Waals surface area contributed by atoms with Crippen LogP contribution in [-0.4, -0.2) is 16.1 Å². The molecule has 0 saturated carbocycles. The van der Waals surface area contributed by atoms with Gasteiger partial charge in [0.1, 0.15) is 10.0 Å². The fourth-order valence-electron chi connectivity index (χ4n) is 1.37. The molecule has 0 fully saturated rings. The Morgan fingerprint density at radius 3 is 2.76 bits per heavy atom. The first-order valence-corrected chi connectivity index (χ1v) is 7.56. The monoisotopic (exact) mass is 350 g/mol. The van der Waals surface area contributed by atoms with Gasteiger partial charge in [0.2, 0.25) is 0 Å². The highest BCUT2D eigenvalue weighted by Crippen LogP contribution is 2.29. The van der Waals surface area contributed by atoms with E-state index in [9.17, 15) is 0 Å². The van der Waals surface area contributed by atoms with Crippen LogP contribution in [0, 0.1) is 0 Å². The summed E-state index contributed by atoms with van der Waals surface area (Å²) in [5.74, 6) is 0.650. The zero-order valence-electron chi connectivity index (χ0n) is 8.79. The van der Waals surface area contributed by atoms with Gasteiger partial charge >= 0.3 is 0 Å². The highest BCUT2D eigenvalue weighted by Gasteiger charge is 2.08. The highest BCUT2D eigenvalue weighted by atomic mass is 79.9. The molecule has 2 nitrogen and oxygen atoms in total. The van der Waals surface area contributed by atoms with Crippen molar-refractivity contribution in [1.29, 1.82) is 0 Å². The average molecular weight is 352 g/mol. The number of rotatable bonds is 4. The van der Waals surface area contributed by atoms with Gasteiger partial charge < -0.3 is 0 Å². The molecule has 1 heterocycles. The molecule has 17 heavy (non-hydrogen) atoms. The SMILES string of the molecule is ClCCCc1nnc(-c2cc(Cl)cc(Br)c2)s1. The van der Waals surface area contributed by atoms with Crippen molar-refractivity contribution in [3.63, 3.8) is 0 Å². The zero-order valence-corrected chi connectivity index (χ0v) is 12.7. The van der Waals surface area contributed by atoms with Crippen LogP contribution >= 0.6 is 50.5 Å². The molecule has 0 spiro atoms. The second kappa shape index (κ2) is 6.14. The molecule has 0 N–H and O–H groups in total. The van der Waals surface area contributed by atoms with Crippen molar-refractivity contribution in [2.45, 2.75) is 12.8 Å². The lowest BCUT2D eigenvalue weighted by Crippen LogP contribution is -1.84. The van der Waals surface area contributed by atoms with E-state index in [1.165, 1.54) is 0 Å². The molecular formula is C11H9BrCl2N2S. The Bertz CT molecular complexity index is 496. The van der Waals surface area contributed by atoms with Crippen LogP contribution in [0.4, 0.5) is 0 Å². The summed E-state index contributed by atoms with van der Waals surface area (Å²) in [7, 11) is 0. The summed E-state index contributed by atoms with van der Waals surface area (Å²) < 4.78 is 0.942. The van der Waals surface area contributed by atoms with Crippen LogP contribution in [0.15, 0.2) is 22.7 Å². The molecule has 2 aromatic rings. The van der Waals surface area contributed by atoms with Crippen LogP contribution in [0.25, 0.3) is 10.6 Å². The van der Waals surface area contributed by atoms with E-state index < -0.39 is 0 Å².